The Morgan fingerprint density at radius 1 is 1.10 bits per heavy atom. The second kappa shape index (κ2) is 6.33. The monoisotopic (exact) mass is 285 g/mol. The van der Waals surface area contributed by atoms with Crippen LogP contribution in [0.25, 0.3) is 0 Å². The smallest absolute Gasteiger partial charge is 0.116 e. The van der Waals surface area contributed by atoms with E-state index < -0.39 is 0 Å². The Labute approximate surface area is 124 Å². The molecule has 3 nitrogen and oxygen atoms in total. The van der Waals surface area contributed by atoms with Crippen LogP contribution in [-0.4, -0.2) is 12.7 Å². The minimum Gasteiger partial charge on any atom is -0.362 e. The van der Waals surface area contributed by atoms with Crippen LogP contribution in [-0.2, 0) is 0 Å². The van der Waals surface area contributed by atoms with Gasteiger partial charge < -0.3 is 16.0 Å². The molecule has 3 N–H and O–H groups in total. The van der Waals surface area contributed by atoms with E-state index in [1.165, 1.54) is 0 Å². The quantitative estimate of drug-likeness (QED) is 0.831. The van der Waals surface area contributed by atoms with E-state index in [-0.39, 0.29) is 6.17 Å². The lowest BCUT2D eigenvalue weighted by atomic mass is 10.2. The van der Waals surface area contributed by atoms with Crippen LogP contribution in [0.15, 0.2) is 48.5 Å². The molecule has 0 fully saturated rings. The summed E-state index contributed by atoms with van der Waals surface area (Å²) < 4.78 is 0. The molecule has 3 rings (SSSR count). The molecule has 1 heterocycles. The number of fused-ring (bicyclic) bond motifs is 1. The molecule has 0 saturated carbocycles. The molecule has 2 aromatic rings. The first-order valence-electron chi connectivity index (χ1n) is 6.24. The number of halogens is 1. The summed E-state index contributed by atoms with van der Waals surface area (Å²) in [7, 11) is 0. The van der Waals surface area contributed by atoms with Gasteiger partial charge in [0, 0.05) is 12.2 Å². The average Bonchev–Trinajstić information content (AvgIpc) is 2.90. The van der Waals surface area contributed by atoms with Crippen molar-refractivity contribution in [1.29, 1.82) is 0 Å². The fourth-order valence-electron chi connectivity index (χ4n) is 2.34. The second-order valence-electron chi connectivity index (χ2n) is 4.24. The molecule has 1 aliphatic heterocycles. The summed E-state index contributed by atoms with van der Waals surface area (Å²) in [4.78, 5) is 2.15. The van der Waals surface area contributed by atoms with Gasteiger partial charge in [0.1, 0.15) is 6.17 Å². The predicted octanol–water partition coefficient (Wildman–Crippen LogP) is 3.44. The van der Waals surface area contributed by atoms with Gasteiger partial charge in [0.05, 0.1) is 16.4 Å². The van der Waals surface area contributed by atoms with Crippen LogP contribution in [0.3, 0.4) is 0 Å². The summed E-state index contributed by atoms with van der Waals surface area (Å²) in [5, 5.41) is 4.13. The molecule has 1 atom stereocenters. The molecule has 1 unspecified atom stereocenters. The topological polar surface area (TPSA) is 41.3 Å². The fourth-order valence-corrected chi connectivity index (χ4v) is 2.60. The molecule has 0 saturated heterocycles. The lowest BCUT2D eigenvalue weighted by molar-refractivity contribution is 0.765. The van der Waals surface area contributed by atoms with Crippen molar-refractivity contribution in [1.82, 2.24) is 0 Å². The van der Waals surface area contributed by atoms with Crippen molar-refractivity contribution >= 4 is 28.7 Å². The molecule has 0 spiro atoms. The Kier molecular flexibility index (Phi) is 4.52. The van der Waals surface area contributed by atoms with E-state index in [2.05, 4.69) is 35.2 Å². The number of nitrogens with zero attached hydrogens (tertiary/aromatic N) is 1. The predicted molar refractivity (Wildman–Crippen MR) is 86.4 cm³/mol. The standard InChI is InChI=1S/C14H14ClN3.C2H2/c15-11-7-4-8-12-14(11)18(13(9-16)17-12)10-5-2-1-3-6-10;1-2/h1-8,13,17H,9,16H2;1-2H. The summed E-state index contributed by atoms with van der Waals surface area (Å²) >= 11 is 6.31. The van der Waals surface area contributed by atoms with Crippen LogP contribution in [0, 0.1) is 12.8 Å². The SMILES string of the molecule is C#C.NCC1Nc2cccc(Cl)c2N1c1ccccc1. The lowest BCUT2D eigenvalue weighted by Gasteiger charge is -2.26. The number of hydrogen-bond donors (Lipinski definition) is 2. The highest BCUT2D eigenvalue weighted by Gasteiger charge is 2.30. The molecular formula is C16H16ClN3. The molecule has 0 amide bonds. The van der Waals surface area contributed by atoms with Gasteiger partial charge in [-0.1, -0.05) is 35.9 Å². The molecule has 0 radical (unpaired) electrons. The zero-order valence-electron chi connectivity index (χ0n) is 11.0. The number of hydrogen-bond acceptors (Lipinski definition) is 3. The fraction of sp³-hybridized carbons (Fsp3) is 0.125. The van der Waals surface area contributed by atoms with Gasteiger partial charge in [0.2, 0.25) is 0 Å². The number of anilines is 3. The Bertz CT molecular complexity index is 595. The van der Waals surface area contributed by atoms with Gasteiger partial charge in [-0.25, -0.2) is 0 Å². The van der Waals surface area contributed by atoms with Gasteiger partial charge in [-0.15, -0.1) is 12.8 Å². The Morgan fingerprint density at radius 2 is 1.80 bits per heavy atom. The first-order valence-corrected chi connectivity index (χ1v) is 6.62. The van der Waals surface area contributed by atoms with Crippen molar-refractivity contribution in [2.45, 2.75) is 6.17 Å². The summed E-state index contributed by atoms with van der Waals surface area (Å²) in [6.07, 6.45) is 8.04. The van der Waals surface area contributed by atoms with Crippen LogP contribution in [0.5, 0.6) is 0 Å². The van der Waals surface area contributed by atoms with Crippen molar-refractivity contribution in [3.8, 4) is 12.8 Å². The van der Waals surface area contributed by atoms with Crippen molar-refractivity contribution in [3.05, 3.63) is 53.6 Å². The van der Waals surface area contributed by atoms with Gasteiger partial charge in [0.15, 0.2) is 0 Å². The van der Waals surface area contributed by atoms with Crippen LogP contribution >= 0.6 is 11.6 Å². The highest BCUT2D eigenvalue weighted by molar-refractivity contribution is 6.34. The van der Waals surface area contributed by atoms with E-state index >= 15 is 0 Å². The molecule has 20 heavy (non-hydrogen) atoms. The summed E-state index contributed by atoms with van der Waals surface area (Å²) in [6, 6.07) is 16.0. The summed E-state index contributed by atoms with van der Waals surface area (Å²) in [5.74, 6) is 0. The van der Waals surface area contributed by atoms with Crippen molar-refractivity contribution < 1.29 is 0 Å². The maximum Gasteiger partial charge on any atom is 0.116 e. The van der Waals surface area contributed by atoms with Gasteiger partial charge in [0.25, 0.3) is 0 Å². The van der Waals surface area contributed by atoms with Gasteiger partial charge in [-0.05, 0) is 24.3 Å². The number of benzene rings is 2. The number of rotatable bonds is 2. The third kappa shape index (κ3) is 2.44. The average molecular weight is 286 g/mol. The molecule has 102 valence electrons. The molecule has 0 aromatic heterocycles. The van der Waals surface area contributed by atoms with Crippen molar-refractivity contribution in [3.63, 3.8) is 0 Å². The number of nitrogens with two attached hydrogens (primary N) is 1. The summed E-state index contributed by atoms with van der Waals surface area (Å²) in [6.45, 7) is 0.514. The second-order valence-corrected chi connectivity index (χ2v) is 4.64. The molecule has 4 heteroatoms. The zero-order chi connectivity index (χ0) is 14.5. The Morgan fingerprint density at radius 3 is 2.45 bits per heavy atom. The Hall–Kier alpha value is -2.15. The number of para-hydroxylation sites is 2. The molecule has 1 aliphatic rings. The first kappa shape index (κ1) is 14.3. The third-order valence-corrected chi connectivity index (χ3v) is 3.42. The van der Waals surface area contributed by atoms with Gasteiger partial charge in [-0.3, -0.25) is 0 Å². The normalized spacial score (nSPS) is 15.8. The Balaban J connectivity index is 0.000000704. The van der Waals surface area contributed by atoms with Gasteiger partial charge in [-0.2, -0.15) is 0 Å². The molecule has 2 aromatic carbocycles. The van der Waals surface area contributed by atoms with Gasteiger partial charge >= 0.3 is 0 Å². The largest absolute Gasteiger partial charge is 0.362 e. The lowest BCUT2D eigenvalue weighted by Crippen LogP contribution is -2.38. The van der Waals surface area contributed by atoms with Crippen molar-refractivity contribution in [2.75, 3.05) is 16.8 Å². The van der Waals surface area contributed by atoms with E-state index in [4.69, 9.17) is 17.3 Å². The number of terminal acetylenes is 1. The molecular weight excluding hydrogens is 270 g/mol. The van der Waals surface area contributed by atoms with E-state index in [9.17, 15) is 0 Å². The van der Waals surface area contributed by atoms with E-state index in [0.717, 1.165) is 22.1 Å². The molecule has 0 bridgehead atoms. The van der Waals surface area contributed by atoms with E-state index in [1.807, 2.05) is 36.4 Å². The minimum absolute atomic E-state index is 0.0438. The van der Waals surface area contributed by atoms with Crippen LogP contribution in [0.2, 0.25) is 5.02 Å². The number of nitrogens with one attached hydrogen (secondary N) is 1. The highest BCUT2D eigenvalue weighted by Crippen LogP contribution is 2.44. The third-order valence-electron chi connectivity index (χ3n) is 3.12. The van der Waals surface area contributed by atoms with Crippen LogP contribution in [0.1, 0.15) is 0 Å². The molecule has 0 aliphatic carbocycles. The minimum atomic E-state index is 0.0438. The highest BCUT2D eigenvalue weighted by atomic mass is 35.5. The zero-order valence-corrected chi connectivity index (χ0v) is 11.7. The van der Waals surface area contributed by atoms with Crippen molar-refractivity contribution in [2.24, 2.45) is 5.73 Å². The van der Waals surface area contributed by atoms with E-state index in [1.54, 1.807) is 0 Å². The maximum atomic E-state index is 6.31. The van der Waals surface area contributed by atoms with Crippen LogP contribution < -0.4 is 16.0 Å². The van der Waals surface area contributed by atoms with E-state index in [0.29, 0.717) is 6.54 Å². The maximum absolute atomic E-state index is 6.31. The van der Waals surface area contributed by atoms with Crippen LogP contribution in [0.4, 0.5) is 17.1 Å². The summed E-state index contributed by atoms with van der Waals surface area (Å²) in [5.41, 5.74) is 8.96. The first-order chi connectivity index (χ1) is 9.81.